The Morgan fingerprint density at radius 2 is 1.96 bits per heavy atom. The van der Waals surface area contributed by atoms with Crippen LogP contribution in [0.25, 0.3) is 17.1 Å². The molecule has 1 aliphatic heterocycles. The molecule has 0 spiro atoms. The van der Waals surface area contributed by atoms with Crippen LogP contribution in [0, 0.1) is 0 Å². The minimum Gasteiger partial charge on any atom is -0.377 e. The van der Waals surface area contributed by atoms with Gasteiger partial charge in [-0.2, -0.15) is 5.10 Å². The van der Waals surface area contributed by atoms with Crippen molar-refractivity contribution in [3.05, 3.63) is 81.6 Å². The number of aliphatic hydroxyl groups is 1. The van der Waals surface area contributed by atoms with E-state index in [2.05, 4.69) is 26.0 Å². The molecule has 28 heavy (non-hydrogen) atoms. The van der Waals surface area contributed by atoms with Crippen LogP contribution in [0.15, 0.2) is 59.3 Å². The van der Waals surface area contributed by atoms with E-state index in [0.29, 0.717) is 23.3 Å². The minimum atomic E-state index is -1.32. The van der Waals surface area contributed by atoms with E-state index in [9.17, 15) is 5.11 Å². The van der Waals surface area contributed by atoms with Gasteiger partial charge in [0.05, 0.1) is 17.9 Å². The molecule has 3 heterocycles. The Morgan fingerprint density at radius 1 is 1.18 bits per heavy atom. The maximum Gasteiger partial charge on any atom is 0.187 e. The van der Waals surface area contributed by atoms with Crippen LogP contribution in [0.3, 0.4) is 0 Å². The van der Waals surface area contributed by atoms with Gasteiger partial charge in [0.15, 0.2) is 16.8 Å². The first-order chi connectivity index (χ1) is 13.4. The van der Waals surface area contributed by atoms with Crippen molar-refractivity contribution < 1.29 is 5.11 Å². The van der Waals surface area contributed by atoms with Gasteiger partial charge in [-0.05, 0) is 30.7 Å². The van der Waals surface area contributed by atoms with Gasteiger partial charge in [0, 0.05) is 10.0 Å². The molecule has 0 fully saturated rings. The van der Waals surface area contributed by atoms with E-state index in [1.807, 2.05) is 53.1 Å². The summed E-state index contributed by atoms with van der Waals surface area (Å²) in [5.41, 5.74) is 2.02. The highest BCUT2D eigenvalue weighted by Crippen LogP contribution is 2.36. The molecular weight excluding hydrogens is 442 g/mol. The Labute approximate surface area is 174 Å². The Balaban J connectivity index is 1.74. The summed E-state index contributed by atoms with van der Waals surface area (Å²) in [6, 6.07) is 15.3. The highest BCUT2D eigenvalue weighted by Gasteiger charge is 2.33. The van der Waals surface area contributed by atoms with Crippen LogP contribution in [0.5, 0.6) is 0 Å². The zero-order chi connectivity index (χ0) is 19.5. The third kappa shape index (κ3) is 2.62. The van der Waals surface area contributed by atoms with E-state index >= 15 is 0 Å². The van der Waals surface area contributed by atoms with Crippen molar-refractivity contribution in [2.45, 2.75) is 19.1 Å². The van der Waals surface area contributed by atoms with Crippen molar-refractivity contribution in [2.75, 3.05) is 0 Å². The van der Waals surface area contributed by atoms with Crippen molar-refractivity contribution in [2.24, 2.45) is 0 Å². The van der Waals surface area contributed by atoms with E-state index in [4.69, 9.17) is 16.6 Å². The lowest BCUT2D eigenvalue weighted by Crippen LogP contribution is -2.25. The number of rotatable bonds is 2. The maximum atomic E-state index is 11.2. The monoisotopic (exact) mass is 455 g/mol. The van der Waals surface area contributed by atoms with Gasteiger partial charge in [-0.15, -0.1) is 0 Å². The summed E-state index contributed by atoms with van der Waals surface area (Å²) in [6.07, 6.45) is 1.71. The fraction of sp³-hybridized carbons (Fsp3) is 0.150. The third-order valence-corrected chi connectivity index (χ3v) is 5.83. The predicted molar refractivity (Wildman–Crippen MR) is 110 cm³/mol. The number of imidazole rings is 1. The van der Waals surface area contributed by atoms with E-state index in [-0.39, 0.29) is 0 Å². The molecular formula is C20H15BrClN5O. The second kappa shape index (κ2) is 6.27. The molecule has 0 radical (unpaired) electrons. The van der Waals surface area contributed by atoms with Crippen molar-refractivity contribution >= 4 is 27.5 Å². The fourth-order valence-electron chi connectivity index (χ4n) is 3.49. The summed E-state index contributed by atoms with van der Waals surface area (Å²) in [6.45, 7) is 2.11. The standard InChI is InChI=1S/C20H15BrClN5O/c1-20(28,12-5-3-2-4-6-12)19-24-18-14-9-13(21)7-8-15(14)26-11-23-17(22)16(26)10-27(18)25-19/h2-9,11,28H,10H2,1H3. The summed E-state index contributed by atoms with van der Waals surface area (Å²) < 4.78 is 4.65. The molecule has 0 saturated carbocycles. The van der Waals surface area contributed by atoms with Crippen LogP contribution >= 0.6 is 27.5 Å². The van der Waals surface area contributed by atoms with Gasteiger partial charge in [-0.1, -0.05) is 57.9 Å². The molecule has 4 aromatic rings. The van der Waals surface area contributed by atoms with Gasteiger partial charge in [0.25, 0.3) is 0 Å². The first kappa shape index (κ1) is 17.6. The van der Waals surface area contributed by atoms with E-state index < -0.39 is 5.60 Å². The van der Waals surface area contributed by atoms with Crippen molar-refractivity contribution in [1.29, 1.82) is 0 Å². The van der Waals surface area contributed by atoms with Crippen LogP contribution in [0.1, 0.15) is 24.0 Å². The quantitative estimate of drug-likeness (QED) is 0.433. The number of hydrogen-bond acceptors (Lipinski definition) is 4. The van der Waals surface area contributed by atoms with Gasteiger partial charge in [0.2, 0.25) is 0 Å². The molecule has 6 nitrogen and oxygen atoms in total. The molecule has 0 saturated heterocycles. The molecule has 8 heteroatoms. The van der Waals surface area contributed by atoms with Gasteiger partial charge < -0.3 is 5.11 Å². The SMILES string of the molecule is CC(O)(c1ccccc1)c1nc2n(n1)Cc1c(Cl)ncn1-c1ccc(Br)cc1-2. The molecule has 0 bridgehead atoms. The molecule has 140 valence electrons. The Morgan fingerprint density at radius 3 is 2.75 bits per heavy atom. The van der Waals surface area contributed by atoms with Crippen molar-refractivity contribution in [3.8, 4) is 17.1 Å². The summed E-state index contributed by atoms with van der Waals surface area (Å²) in [4.78, 5) is 8.98. The average Bonchev–Trinajstić information content (AvgIpc) is 3.25. The number of fused-ring (bicyclic) bond motifs is 5. The van der Waals surface area contributed by atoms with Gasteiger partial charge in [-0.25, -0.2) is 14.6 Å². The first-order valence-corrected chi connectivity index (χ1v) is 9.87. The van der Waals surface area contributed by atoms with Crippen LogP contribution in [-0.4, -0.2) is 29.4 Å². The first-order valence-electron chi connectivity index (χ1n) is 8.70. The summed E-state index contributed by atoms with van der Waals surface area (Å²) in [7, 11) is 0. The predicted octanol–water partition coefficient (Wildman–Crippen LogP) is 4.16. The van der Waals surface area contributed by atoms with Gasteiger partial charge in [0.1, 0.15) is 11.9 Å². The largest absolute Gasteiger partial charge is 0.377 e. The molecule has 2 aromatic heterocycles. The molecule has 1 N–H and O–H groups in total. The number of nitrogens with zero attached hydrogens (tertiary/aromatic N) is 5. The number of hydrogen-bond donors (Lipinski definition) is 1. The van der Waals surface area contributed by atoms with Crippen molar-refractivity contribution in [1.82, 2.24) is 24.3 Å². The Kier molecular flexibility index (Phi) is 3.94. The smallest absolute Gasteiger partial charge is 0.187 e. The van der Waals surface area contributed by atoms with Gasteiger partial charge in [-0.3, -0.25) is 4.57 Å². The second-order valence-corrected chi connectivity index (χ2v) is 8.14. The molecule has 0 aliphatic carbocycles. The summed E-state index contributed by atoms with van der Waals surface area (Å²) >= 11 is 9.87. The zero-order valence-electron chi connectivity index (χ0n) is 14.8. The lowest BCUT2D eigenvalue weighted by atomic mass is 9.95. The fourth-order valence-corrected chi connectivity index (χ4v) is 4.05. The van der Waals surface area contributed by atoms with E-state index in [1.165, 1.54) is 0 Å². The minimum absolute atomic E-state index is 0.337. The lowest BCUT2D eigenvalue weighted by Gasteiger charge is -2.20. The van der Waals surface area contributed by atoms with Gasteiger partial charge >= 0.3 is 0 Å². The highest BCUT2D eigenvalue weighted by atomic mass is 79.9. The molecule has 0 amide bonds. The summed E-state index contributed by atoms with van der Waals surface area (Å²) in [5, 5.41) is 16.3. The maximum absolute atomic E-state index is 11.2. The van der Waals surface area contributed by atoms with Crippen LogP contribution < -0.4 is 0 Å². The third-order valence-electron chi connectivity index (χ3n) is 5.02. The average molecular weight is 457 g/mol. The molecule has 1 atom stereocenters. The molecule has 1 aliphatic rings. The molecule has 2 aromatic carbocycles. The number of benzene rings is 2. The number of aromatic nitrogens is 5. The molecule has 5 rings (SSSR count). The van der Waals surface area contributed by atoms with Crippen molar-refractivity contribution in [3.63, 3.8) is 0 Å². The molecule has 1 unspecified atom stereocenters. The topological polar surface area (TPSA) is 68.8 Å². The van der Waals surface area contributed by atoms with Crippen LogP contribution in [-0.2, 0) is 12.1 Å². The number of halogens is 2. The summed E-state index contributed by atoms with van der Waals surface area (Å²) in [5.74, 6) is 1.01. The van der Waals surface area contributed by atoms with Crippen LogP contribution in [0.2, 0.25) is 5.15 Å². The van der Waals surface area contributed by atoms with E-state index in [1.54, 1.807) is 17.9 Å². The second-order valence-electron chi connectivity index (χ2n) is 6.87. The normalized spacial score (nSPS) is 14.6. The van der Waals surface area contributed by atoms with E-state index in [0.717, 1.165) is 27.0 Å². The Hall–Kier alpha value is -2.48. The lowest BCUT2D eigenvalue weighted by molar-refractivity contribution is 0.0920. The zero-order valence-corrected chi connectivity index (χ0v) is 17.2. The highest BCUT2D eigenvalue weighted by molar-refractivity contribution is 9.10. The van der Waals surface area contributed by atoms with Crippen LogP contribution in [0.4, 0.5) is 0 Å². The Bertz CT molecular complexity index is 1200.